The van der Waals surface area contributed by atoms with E-state index in [0.717, 1.165) is 6.54 Å². The second kappa shape index (κ2) is 4.21. The molecule has 0 radical (unpaired) electrons. The fourth-order valence-electron chi connectivity index (χ4n) is 1.95. The van der Waals surface area contributed by atoms with E-state index in [2.05, 4.69) is 36.1 Å². The molecule has 1 fully saturated rings. The highest BCUT2D eigenvalue weighted by atomic mass is 15.3. The molecule has 0 spiro atoms. The molecule has 0 bridgehead atoms. The predicted octanol–water partition coefficient (Wildman–Crippen LogP) is -0.160. The average molecular weight is 171 g/mol. The highest BCUT2D eigenvalue weighted by molar-refractivity contribution is 4.84. The Kier molecular flexibility index (Phi) is 3.50. The van der Waals surface area contributed by atoms with Crippen LogP contribution < -0.4 is 5.32 Å². The van der Waals surface area contributed by atoms with Gasteiger partial charge in [-0.15, -0.1) is 0 Å². The van der Waals surface area contributed by atoms with E-state index in [-0.39, 0.29) is 0 Å². The van der Waals surface area contributed by atoms with Gasteiger partial charge in [-0.1, -0.05) is 0 Å². The van der Waals surface area contributed by atoms with Crippen LogP contribution in [0, 0.1) is 0 Å². The van der Waals surface area contributed by atoms with Crippen molar-refractivity contribution < 1.29 is 0 Å². The van der Waals surface area contributed by atoms with E-state index in [9.17, 15) is 0 Å². The van der Waals surface area contributed by atoms with E-state index in [1.807, 2.05) is 7.05 Å². The number of likely N-dealkylation sites (N-methyl/N-ethyl adjacent to an activating group) is 3. The highest BCUT2D eigenvalue weighted by Crippen LogP contribution is 2.10. The first kappa shape index (κ1) is 9.96. The van der Waals surface area contributed by atoms with E-state index in [0.29, 0.717) is 12.1 Å². The summed E-state index contributed by atoms with van der Waals surface area (Å²) in [6.07, 6.45) is 0. The maximum Gasteiger partial charge on any atom is 0.0347 e. The van der Waals surface area contributed by atoms with Gasteiger partial charge in [0.1, 0.15) is 0 Å². The van der Waals surface area contributed by atoms with E-state index >= 15 is 0 Å². The normalized spacial score (nSPS) is 34.0. The van der Waals surface area contributed by atoms with Crippen LogP contribution in [0.3, 0.4) is 0 Å². The van der Waals surface area contributed by atoms with Crippen LogP contribution in [0.2, 0.25) is 0 Å². The van der Waals surface area contributed by atoms with E-state index in [1.54, 1.807) is 0 Å². The summed E-state index contributed by atoms with van der Waals surface area (Å²) < 4.78 is 0. The largest absolute Gasteiger partial charge is 0.318 e. The third-order valence-electron chi connectivity index (χ3n) is 2.81. The Hall–Kier alpha value is -0.120. The van der Waals surface area contributed by atoms with Crippen molar-refractivity contribution in [1.29, 1.82) is 0 Å². The summed E-state index contributed by atoms with van der Waals surface area (Å²) >= 11 is 0. The van der Waals surface area contributed by atoms with E-state index in [4.69, 9.17) is 0 Å². The molecule has 0 aromatic heterocycles. The van der Waals surface area contributed by atoms with Crippen molar-refractivity contribution in [3.63, 3.8) is 0 Å². The predicted molar refractivity (Wildman–Crippen MR) is 52.4 cm³/mol. The molecule has 1 aliphatic heterocycles. The van der Waals surface area contributed by atoms with Gasteiger partial charge in [0.2, 0.25) is 0 Å². The number of hydrogen-bond donors (Lipinski definition) is 1. The zero-order valence-corrected chi connectivity index (χ0v) is 8.67. The lowest BCUT2D eigenvalue weighted by Gasteiger charge is -2.42. The van der Waals surface area contributed by atoms with Crippen LogP contribution in [0.1, 0.15) is 6.92 Å². The van der Waals surface area contributed by atoms with E-state index in [1.165, 1.54) is 13.1 Å². The zero-order chi connectivity index (χ0) is 9.14. The van der Waals surface area contributed by atoms with Gasteiger partial charge in [0.25, 0.3) is 0 Å². The van der Waals surface area contributed by atoms with Gasteiger partial charge in [0.15, 0.2) is 0 Å². The average Bonchev–Trinajstić information content (AvgIpc) is 2.00. The quantitative estimate of drug-likeness (QED) is 0.623. The first-order valence-electron chi connectivity index (χ1n) is 4.70. The molecule has 1 heterocycles. The fraction of sp³-hybridized carbons (Fsp3) is 1.00. The topological polar surface area (TPSA) is 18.5 Å². The van der Waals surface area contributed by atoms with E-state index < -0.39 is 0 Å². The lowest BCUT2D eigenvalue weighted by atomic mass is 10.1. The van der Waals surface area contributed by atoms with Crippen LogP contribution in [0.5, 0.6) is 0 Å². The summed E-state index contributed by atoms with van der Waals surface area (Å²) in [5.74, 6) is 0. The molecular weight excluding hydrogens is 150 g/mol. The molecule has 0 saturated carbocycles. The van der Waals surface area contributed by atoms with Crippen LogP contribution >= 0.6 is 0 Å². The number of rotatable bonds is 2. The molecule has 0 aliphatic carbocycles. The minimum atomic E-state index is 0.670. The summed E-state index contributed by atoms with van der Waals surface area (Å²) in [5.41, 5.74) is 0. The van der Waals surface area contributed by atoms with Crippen LogP contribution in [0.25, 0.3) is 0 Å². The first-order chi connectivity index (χ1) is 5.65. The summed E-state index contributed by atoms with van der Waals surface area (Å²) in [6, 6.07) is 1.35. The van der Waals surface area contributed by atoms with Crippen LogP contribution in [-0.4, -0.2) is 62.7 Å². The van der Waals surface area contributed by atoms with Crippen molar-refractivity contribution in [2.75, 3.05) is 40.8 Å². The maximum absolute atomic E-state index is 3.24. The smallest absolute Gasteiger partial charge is 0.0347 e. The molecule has 0 aromatic rings. The molecule has 3 nitrogen and oxygen atoms in total. The third kappa shape index (κ3) is 2.19. The molecule has 1 N–H and O–H groups in total. The number of nitrogens with zero attached hydrogens (tertiary/aromatic N) is 2. The standard InChI is InChI=1S/C9H21N3/c1-8-6-11(3)7-9(5-10-2)12(8)4/h8-10H,5-7H2,1-4H3. The molecule has 3 heteroatoms. The Labute approximate surface area is 75.7 Å². The molecule has 1 rings (SSSR count). The van der Waals surface area contributed by atoms with Gasteiger partial charge in [-0.2, -0.15) is 0 Å². The lowest BCUT2D eigenvalue weighted by molar-refractivity contribution is 0.0674. The van der Waals surface area contributed by atoms with Gasteiger partial charge in [0, 0.05) is 31.7 Å². The monoisotopic (exact) mass is 171 g/mol. The Morgan fingerprint density at radius 2 is 2.00 bits per heavy atom. The lowest BCUT2D eigenvalue weighted by Crippen LogP contribution is -2.57. The fourth-order valence-corrected chi connectivity index (χ4v) is 1.95. The molecule has 0 amide bonds. The van der Waals surface area contributed by atoms with Gasteiger partial charge in [-0.05, 0) is 28.1 Å². The second-order valence-electron chi connectivity index (χ2n) is 3.95. The minimum absolute atomic E-state index is 0.670. The highest BCUT2D eigenvalue weighted by Gasteiger charge is 2.26. The molecular formula is C9H21N3. The van der Waals surface area contributed by atoms with Crippen molar-refractivity contribution in [2.24, 2.45) is 0 Å². The minimum Gasteiger partial charge on any atom is -0.318 e. The summed E-state index contributed by atoms with van der Waals surface area (Å²) in [6.45, 7) is 5.75. The Bertz CT molecular complexity index is 138. The molecule has 1 saturated heterocycles. The van der Waals surface area contributed by atoms with Gasteiger partial charge in [-0.25, -0.2) is 0 Å². The first-order valence-corrected chi connectivity index (χ1v) is 4.70. The van der Waals surface area contributed by atoms with Crippen molar-refractivity contribution in [2.45, 2.75) is 19.0 Å². The van der Waals surface area contributed by atoms with Gasteiger partial charge in [0.05, 0.1) is 0 Å². The number of nitrogens with one attached hydrogen (secondary N) is 1. The molecule has 0 aromatic carbocycles. The van der Waals surface area contributed by atoms with Gasteiger partial charge >= 0.3 is 0 Å². The van der Waals surface area contributed by atoms with Crippen LogP contribution in [-0.2, 0) is 0 Å². The summed E-state index contributed by atoms with van der Waals surface area (Å²) in [7, 11) is 6.44. The van der Waals surface area contributed by atoms with Crippen LogP contribution in [0.4, 0.5) is 0 Å². The Morgan fingerprint density at radius 1 is 1.33 bits per heavy atom. The number of piperazine rings is 1. The second-order valence-corrected chi connectivity index (χ2v) is 3.95. The van der Waals surface area contributed by atoms with Crippen LogP contribution in [0.15, 0.2) is 0 Å². The Morgan fingerprint density at radius 3 is 2.58 bits per heavy atom. The van der Waals surface area contributed by atoms with Gasteiger partial charge < -0.3 is 10.2 Å². The molecule has 1 aliphatic rings. The molecule has 12 heavy (non-hydrogen) atoms. The Balaban J connectivity index is 2.47. The SMILES string of the molecule is CNCC1CN(C)CC(C)N1C. The molecule has 2 atom stereocenters. The number of hydrogen-bond acceptors (Lipinski definition) is 3. The van der Waals surface area contributed by atoms with Crippen molar-refractivity contribution in [1.82, 2.24) is 15.1 Å². The van der Waals surface area contributed by atoms with Gasteiger partial charge in [-0.3, -0.25) is 4.90 Å². The zero-order valence-electron chi connectivity index (χ0n) is 8.67. The van der Waals surface area contributed by atoms with Crippen molar-refractivity contribution in [3.8, 4) is 0 Å². The van der Waals surface area contributed by atoms with Crippen molar-refractivity contribution >= 4 is 0 Å². The van der Waals surface area contributed by atoms with Crippen molar-refractivity contribution in [3.05, 3.63) is 0 Å². The summed E-state index contributed by atoms with van der Waals surface area (Å²) in [5, 5.41) is 3.24. The summed E-state index contributed by atoms with van der Waals surface area (Å²) in [4.78, 5) is 4.88. The maximum atomic E-state index is 3.24. The third-order valence-corrected chi connectivity index (χ3v) is 2.81. The molecule has 72 valence electrons. The molecule has 2 unspecified atom stereocenters.